The summed E-state index contributed by atoms with van der Waals surface area (Å²) in [5.41, 5.74) is 8.15. The number of hydrogen-bond acceptors (Lipinski definition) is 2. The number of rotatable bonds is 7. The van der Waals surface area contributed by atoms with Crippen molar-refractivity contribution in [3.63, 3.8) is 0 Å². The lowest BCUT2D eigenvalue weighted by Gasteiger charge is -2.41. The average Bonchev–Trinajstić information content (AvgIpc) is 3.03. The van der Waals surface area contributed by atoms with Gasteiger partial charge in [0.2, 0.25) is 0 Å². The molecule has 2 nitrogen and oxygen atoms in total. The van der Waals surface area contributed by atoms with Gasteiger partial charge in [0.05, 0.1) is 11.2 Å². The van der Waals surface area contributed by atoms with Crippen molar-refractivity contribution in [2.45, 2.75) is 45.6 Å². The minimum atomic E-state index is -0.298. The summed E-state index contributed by atoms with van der Waals surface area (Å²) in [6, 6.07) is 54.7. The fourth-order valence-corrected chi connectivity index (χ4v) is 6.04. The van der Waals surface area contributed by atoms with Crippen LogP contribution in [0.5, 0.6) is 0 Å². The Balaban J connectivity index is 1.45. The molecule has 0 amide bonds. The number of nitrogens with zero attached hydrogens (tertiary/aromatic N) is 2. The van der Waals surface area contributed by atoms with Crippen molar-refractivity contribution in [3.8, 4) is 0 Å². The van der Waals surface area contributed by atoms with Crippen molar-refractivity contribution < 1.29 is 0 Å². The van der Waals surface area contributed by atoms with E-state index in [2.05, 4.69) is 196 Å². The van der Waals surface area contributed by atoms with Crippen molar-refractivity contribution in [3.05, 3.63) is 163 Å². The van der Waals surface area contributed by atoms with Gasteiger partial charge in [0.1, 0.15) is 0 Å². The molecule has 0 aliphatic heterocycles. The molecule has 2 heteroatoms. The molecule has 0 N–H and O–H groups in total. The molecule has 43 heavy (non-hydrogen) atoms. The molecule has 214 valence electrons. The van der Waals surface area contributed by atoms with Gasteiger partial charge in [-0.2, -0.15) is 0 Å². The van der Waals surface area contributed by atoms with Crippen molar-refractivity contribution in [1.29, 1.82) is 0 Å². The zero-order chi connectivity index (χ0) is 30.0. The first-order valence-corrected chi connectivity index (χ1v) is 15.1. The van der Waals surface area contributed by atoms with Crippen LogP contribution in [-0.4, -0.2) is 0 Å². The first kappa shape index (κ1) is 28.3. The number of benzene rings is 6. The van der Waals surface area contributed by atoms with E-state index in [0.29, 0.717) is 0 Å². The number of hydrogen-bond donors (Lipinski definition) is 0. The Kier molecular flexibility index (Phi) is 7.54. The predicted octanol–water partition coefficient (Wildman–Crippen LogP) is 11.7. The van der Waals surface area contributed by atoms with Gasteiger partial charge in [0.15, 0.2) is 0 Å². The molecule has 0 aliphatic rings. The van der Waals surface area contributed by atoms with E-state index in [-0.39, 0.29) is 11.0 Å². The molecule has 0 fully saturated rings. The zero-order valence-electron chi connectivity index (χ0n) is 25.8. The van der Waals surface area contributed by atoms with Crippen LogP contribution < -0.4 is 9.80 Å². The summed E-state index contributed by atoms with van der Waals surface area (Å²) < 4.78 is 0. The van der Waals surface area contributed by atoms with Gasteiger partial charge in [-0.05, 0) is 90.4 Å². The van der Waals surface area contributed by atoms with Crippen LogP contribution in [0.4, 0.5) is 28.4 Å². The molecule has 0 bridgehead atoms. The maximum atomic E-state index is 2.45. The van der Waals surface area contributed by atoms with E-state index in [0.717, 1.165) is 28.4 Å². The Morgan fingerprint density at radius 1 is 0.395 bits per heavy atom. The summed E-state index contributed by atoms with van der Waals surface area (Å²) in [4.78, 5) is 4.81. The first-order valence-electron chi connectivity index (χ1n) is 15.1. The molecular formula is C41H40N2. The molecule has 0 atom stereocenters. The molecule has 0 heterocycles. The SMILES string of the molecule is CC(C)(C)c1ccc(C(C)(C)N(c2ccccc2)c2ccc(N(c3ccccc3)c3cccc4ccccc34)cc2)cc1. The van der Waals surface area contributed by atoms with Gasteiger partial charge in [-0.3, -0.25) is 0 Å². The monoisotopic (exact) mass is 560 g/mol. The Morgan fingerprint density at radius 3 is 1.49 bits per heavy atom. The summed E-state index contributed by atoms with van der Waals surface area (Å²) in [6.07, 6.45) is 0. The minimum Gasteiger partial charge on any atom is -0.332 e. The first-order chi connectivity index (χ1) is 20.7. The number of para-hydroxylation sites is 2. The van der Waals surface area contributed by atoms with Gasteiger partial charge < -0.3 is 9.80 Å². The highest BCUT2D eigenvalue weighted by Gasteiger charge is 2.31. The lowest BCUT2D eigenvalue weighted by Crippen LogP contribution is -2.38. The Hall–Kier alpha value is -4.82. The van der Waals surface area contributed by atoms with Crippen molar-refractivity contribution >= 4 is 39.2 Å². The molecule has 0 unspecified atom stereocenters. The summed E-state index contributed by atoms with van der Waals surface area (Å²) in [5.74, 6) is 0. The van der Waals surface area contributed by atoms with E-state index in [1.54, 1.807) is 0 Å². The third-order valence-electron chi connectivity index (χ3n) is 8.42. The summed E-state index contributed by atoms with van der Waals surface area (Å²) >= 11 is 0. The van der Waals surface area contributed by atoms with Crippen molar-refractivity contribution in [1.82, 2.24) is 0 Å². The van der Waals surface area contributed by atoms with Crippen LogP contribution in [0.3, 0.4) is 0 Å². The molecule has 6 aromatic carbocycles. The molecule has 0 aromatic heterocycles. The van der Waals surface area contributed by atoms with Gasteiger partial charge in [-0.1, -0.05) is 118 Å². The summed E-state index contributed by atoms with van der Waals surface area (Å²) in [6.45, 7) is 11.4. The van der Waals surface area contributed by atoms with E-state index in [1.165, 1.54) is 21.9 Å². The van der Waals surface area contributed by atoms with Crippen molar-refractivity contribution in [2.75, 3.05) is 9.80 Å². The third kappa shape index (κ3) is 5.66. The third-order valence-corrected chi connectivity index (χ3v) is 8.42. The van der Waals surface area contributed by atoms with E-state index in [9.17, 15) is 0 Å². The van der Waals surface area contributed by atoms with Crippen LogP contribution >= 0.6 is 0 Å². The molecule has 0 saturated heterocycles. The van der Waals surface area contributed by atoms with Gasteiger partial charge in [-0.15, -0.1) is 0 Å². The van der Waals surface area contributed by atoms with Gasteiger partial charge in [-0.25, -0.2) is 0 Å². The molecule has 0 aliphatic carbocycles. The Morgan fingerprint density at radius 2 is 0.860 bits per heavy atom. The van der Waals surface area contributed by atoms with Crippen LogP contribution in [0.15, 0.2) is 152 Å². The van der Waals surface area contributed by atoms with Crippen LogP contribution in [0.2, 0.25) is 0 Å². The van der Waals surface area contributed by atoms with Crippen LogP contribution in [-0.2, 0) is 11.0 Å². The maximum absolute atomic E-state index is 2.45. The van der Waals surface area contributed by atoms with Crippen LogP contribution in [0.25, 0.3) is 10.8 Å². The topological polar surface area (TPSA) is 6.48 Å². The van der Waals surface area contributed by atoms with Crippen LogP contribution in [0, 0.1) is 0 Å². The predicted molar refractivity (Wildman–Crippen MR) is 185 cm³/mol. The lowest BCUT2D eigenvalue weighted by molar-refractivity contribution is 0.533. The number of anilines is 5. The molecule has 0 saturated carbocycles. The lowest BCUT2D eigenvalue weighted by atomic mass is 9.84. The van der Waals surface area contributed by atoms with Gasteiger partial charge >= 0.3 is 0 Å². The van der Waals surface area contributed by atoms with Gasteiger partial charge in [0, 0.05) is 28.1 Å². The standard InChI is InChI=1S/C41H40N2/c1-40(2,3)32-23-25-33(26-24-32)41(4,5)43(36-19-10-7-11-20-36)37-29-27-35(28-30-37)42(34-17-8-6-9-18-34)39-22-14-16-31-15-12-13-21-38(31)39/h6-30H,1-5H3. The summed E-state index contributed by atoms with van der Waals surface area (Å²) in [7, 11) is 0. The Bertz CT molecular complexity index is 1790. The fourth-order valence-electron chi connectivity index (χ4n) is 6.04. The minimum absolute atomic E-state index is 0.117. The zero-order valence-corrected chi connectivity index (χ0v) is 25.8. The highest BCUT2D eigenvalue weighted by atomic mass is 15.2. The van der Waals surface area contributed by atoms with Gasteiger partial charge in [0.25, 0.3) is 0 Å². The average molecular weight is 561 g/mol. The Labute approximate surface area is 256 Å². The highest BCUT2D eigenvalue weighted by molar-refractivity contribution is 5.98. The van der Waals surface area contributed by atoms with E-state index in [1.807, 2.05) is 0 Å². The fraction of sp³-hybridized carbons (Fsp3) is 0.171. The second-order valence-corrected chi connectivity index (χ2v) is 12.7. The summed E-state index contributed by atoms with van der Waals surface area (Å²) in [5, 5.41) is 2.45. The van der Waals surface area contributed by atoms with E-state index in [4.69, 9.17) is 0 Å². The largest absolute Gasteiger partial charge is 0.332 e. The normalized spacial score (nSPS) is 11.8. The van der Waals surface area contributed by atoms with Crippen LogP contribution in [0.1, 0.15) is 45.7 Å². The second kappa shape index (κ2) is 11.5. The molecule has 0 spiro atoms. The van der Waals surface area contributed by atoms with Crippen molar-refractivity contribution in [2.24, 2.45) is 0 Å². The molecule has 6 aromatic rings. The molecule has 6 rings (SSSR count). The van der Waals surface area contributed by atoms with E-state index >= 15 is 0 Å². The quantitative estimate of drug-likeness (QED) is 0.192. The molecule has 0 radical (unpaired) electrons. The highest BCUT2D eigenvalue weighted by Crippen LogP contribution is 2.43. The smallest absolute Gasteiger partial charge is 0.0646 e. The second-order valence-electron chi connectivity index (χ2n) is 12.7. The maximum Gasteiger partial charge on any atom is 0.0646 e. The molecular weight excluding hydrogens is 520 g/mol. The number of fused-ring (bicyclic) bond motifs is 1. The van der Waals surface area contributed by atoms with E-state index < -0.39 is 0 Å².